The zero-order valence-electron chi connectivity index (χ0n) is 11.6. The van der Waals surface area contributed by atoms with E-state index < -0.39 is 5.54 Å². The molecule has 0 aliphatic carbocycles. The van der Waals surface area contributed by atoms with Crippen molar-refractivity contribution in [3.63, 3.8) is 0 Å². The van der Waals surface area contributed by atoms with E-state index in [2.05, 4.69) is 5.32 Å². The Hall–Kier alpha value is -1.26. The third-order valence-corrected chi connectivity index (χ3v) is 3.96. The maximum absolute atomic E-state index is 12.3. The second-order valence-corrected chi connectivity index (χ2v) is 5.03. The number of urea groups is 1. The summed E-state index contributed by atoms with van der Waals surface area (Å²) in [6.45, 7) is 5.53. The van der Waals surface area contributed by atoms with Crippen LogP contribution >= 0.6 is 0 Å². The summed E-state index contributed by atoms with van der Waals surface area (Å²) in [5, 5.41) is 10.7. The number of hydrogen-bond acceptors (Lipinski definition) is 2. The first-order valence-electron chi connectivity index (χ1n) is 6.97. The number of nitrogens with zero attached hydrogens (tertiary/aromatic N) is 1. The number of likely N-dealkylation sites (tertiary alicyclic amines) is 1. The Morgan fingerprint density at radius 1 is 1.22 bits per heavy atom. The maximum Gasteiger partial charge on any atom is 0.318 e. The quantitative estimate of drug-likeness (QED) is 0.530. The van der Waals surface area contributed by atoms with Gasteiger partial charge in [-0.3, -0.25) is 5.41 Å². The molecule has 1 fully saturated rings. The number of rotatable bonds is 4. The molecule has 0 aromatic rings. The molecule has 18 heavy (non-hydrogen) atoms. The van der Waals surface area contributed by atoms with Crippen molar-refractivity contribution in [1.82, 2.24) is 10.2 Å². The molecule has 0 spiro atoms. The monoisotopic (exact) mass is 254 g/mol. The molecule has 1 heterocycles. The molecule has 5 nitrogen and oxygen atoms in total. The summed E-state index contributed by atoms with van der Waals surface area (Å²) in [4.78, 5) is 14.1. The molecule has 0 aromatic carbocycles. The van der Waals surface area contributed by atoms with E-state index in [0.717, 1.165) is 25.9 Å². The fraction of sp³-hybridized carbons (Fsp3) is 0.846. The molecule has 1 aliphatic heterocycles. The summed E-state index contributed by atoms with van der Waals surface area (Å²) < 4.78 is 0. The van der Waals surface area contributed by atoms with Crippen molar-refractivity contribution < 1.29 is 4.79 Å². The van der Waals surface area contributed by atoms with Gasteiger partial charge in [0.25, 0.3) is 0 Å². The van der Waals surface area contributed by atoms with Crippen molar-refractivity contribution in [2.45, 2.75) is 57.9 Å². The molecular formula is C13H26N4O. The Morgan fingerprint density at radius 3 is 2.11 bits per heavy atom. The molecule has 1 rings (SSSR count). The minimum absolute atomic E-state index is 0.0515. The molecule has 1 aliphatic rings. The Morgan fingerprint density at radius 2 is 1.72 bits per heavy atom. The summed E-state index contributed by atoms with van der Waals surface area (Å²) in [6, 6.07) is -0.0733. The van der Waals surface area contributed by atoms with Crippen LogP contribution in [0.15, 0.2) is 0 Å². The topological polar surface area (TPSA) is 82.2 Å². The summed E-state index contributed by atoms with van der Waals surface area (Å²) in [7, 11) is 0. The first-order valence-corrected chi connectivity index (χ1v) is 6.97. The Labute approximate surface area is 110 Å². The van der Waals surface area contributed by atoms with Crippen molar-refractivity contribution in [1.29, 1.82) is 5.41 Å². The van der Waals surface area contributed by atoms with Crippen LogP contribution in [0.2, 0.25) is 0 Å². The van der Waals surface area contributed by atoms with Crippen LogP contribution in [-0.4, -0.2) is 35.4 Å². The zero-order valence-corrected chi connectivity index (χ0v) is 11.6. The summed E-state index contributed by atoms with van der Waals surface area (Å²) in [5.41, 5.74) is 4.97. The van der Waals surface area contributed by atoms with Gasteiger partial charge in [0.15, 0.2) is 0 Å². The Kier molecular flexibility index (Phi) is 5.44. The molecule has 0 unspecified atom stereocenters. The lowest BCUT2D eigenvalue weighted by molar-refractivity contribution is 0.190. The third kappa shape index (κ3) is 3.37. The van der Waals surface area contributed by atoms with E-state index in [1.807, 2.05) is 18.7 Å². The van der Waals surface area contributed by atoms with E-state index in [1.54, 1.807) is 0 Å². The van der Waals surface area contributed by atoms with Gasteiger partial charge in [0, 0.05) is 13.1 Å². The molecule has 0 bridgehead atoms. The zero-order chi connectivity index (χ0) is 13.6. The minimum atomic E-state index is -0.677. The molecule has 4 N–H and O–H groups in total. The highest BCUT2D eigenvalue weighted by Crippen LogP contribution is 2.16. The second kappa shape index (κ2) is 6.61. The van der Waals surface area contributed by atoms with Crippen LogP contribution in [-0.2, 0) is 0 Å². The number of nitrogens with two attached hydrogens (primary N) is 1. The number of amides is 2. The molecular weight excluding hydrogens is 228 g/mol. The first-order chi connectivity index (χ1) is 8.55. The summed E-state index contributed by atoms with van der Waals surface area (Å²) in [6.07, 6.45) is 5.83. The molecule has 0 aromatic heterocycles. The van der Waals surface area contributed by atoms with Gasteiger partial charge in [-0.05, 0) is 25.7 Å². The van der Waals surface area contributed by atoms with E-state index in [-0.39, 0.29) is 11.9 Å². The summed E-state index contributed by atoms with van der Waals surface area (Å²) in [5.74, 6) is 0.0515. The van der Waals surface area contributed by atoms with Crippen LogP contribution in [0.4, 0.5) is 4.79 Å². The van der Waals surface area contributed by atoms with Crippen LogP contribution < -0.4 is 11.1 Å². The van der Waals surface area contributed by atoms with Crippen molar-refractivity contribution in [3.05, 3.63) is 0 Å². The van der Waals surface area contributed by atoms with Gasteiger partial charge in [-0.2, -0.15) is 0 Å². The van der Waals surface area contributed by atoms with E-state index in [4.69, 9.17) is 11.1 Å². The molecule has 0 atom stereocenters. The van der Waals surface area contributed by atoms with Gasteiger partial charge in [0.05, 0.1) is 5.54 Å². The number of amidine groups is 1. The average Bonchev–Trinajstić information content (AvgIpc) is 2.64. The standard InChI is InChI=1S/C13H26N4O/c1-3-13(4-2,11(14)15)16-12(18)17-9-7-5-6-8-10-17/h3-10H2,1-2H3,(H3,14,15)(H,16,18). The second-order valence-electron chi connectivity index (χ2n) is 5.03. The number of nitrogens with one attached hydrogen (secondary N) is 2. The fourth-order valence-electron chi connectivity index (χ4n) is 2.43. The SMILES string of the molecule is CCC(CC)(NC(=O)N1CCCCCC1)C(=N)N. The van der Waals surface area contributed by atoms with Gasteiger partial charge in [-0.15, -0.1) is 0 Å². The van der Waals surface area contributed by atoms with Gasteiger partial charge < -0.3 is 16.0 Å². The predicted molar refractivity (Wildman–Crippen MR) is 73.8 cm³/mol. The molecule has 0 saturated carbocycles. The van der Waals surface area contributed by atoms with Crippen LogP contribution in [0, 0.1) is 5.41 Å². The number of carbonyl (C=O) groups excluding carboxylic acids is 1. The van der Waals surface area contributed by atoms with E-state index in [1.165, 1.54) is 12.8 Å². The maximum atomic E-state index is 12.3. The highest BCUT2D eigenvalue weighted by atomic mass is 16.2. The minimum Gasteiger partial charge on any atom is -0.386 e. The van der Waals surface area contributed by atoms with Crippen molar-refractivity contribution in [2.75, 3.05) is 13.1 Å². The van der Waals surface area contributed by atoms with Crippen molar-refractivity contribution in [3.8, 4) is 0 Å². The lowest BCUT2D eigenvalue weighted by Crippen LogP contribution is -2.59. The molecule has 1 saturated heterocycles. The van der Waals surface area contributed by atoms with Crippen LogP contribution in [0.3, 0.4) is 0 Å². The van der Waals surface area contributed by atoms with Crippen LogP contribution in [0.25, 0.3) is 0 Å². The lowest BCUT2D eigenvalue weighted by Gasteiger charge is -2.34. The van der Waals surface area contributed by atoms with Gasteiger partial charge in [-0.25, -0.2) is 4.79 Å². The lowest BCUT2D eigenvalue weighted by atomic mass is 9.91. The number of hydrogen-bond donors (Lipinski definition) is 3. The summed E-state index contributed by atoms with van der Waals surface area (Å²) >= 11 is 0. The van der Waals surface area contributed by atoms with Gasteiger partial charge >= 0.3 is 6.03 Å². The van der Waals surface area contributed by atoms with E-state index in [9.17, 15) is 4.79 Å². The largest absolute Gasteiger partial charge is 0.386 e. The number of carbonyl (C=O) groups is 1. The van der Waals surface area contributed by atoms with Crippen LogP contribution in [0.1, 0.15) is 52.4 Å². The highest BCUT2D eigenvalue weighted by Gasteiger charge is 2.33. The highest BCUT2D eigenvalue weighted by molar-refractivity contribution is 5.91. The van der Waals surface area contributed by atoms with Crippen molar-refractivity contribution in [2.24, 2.45) is 5.73 Å². The first kappa shape index (κ1) is 14.8. The fourth-order valence-corrected chi connectivity index (χ4v) is 2.43. The molecule has 5 heteroatoms. The smallest absolute Gasteiger partial charge is 0.318 e. The van der Waals surface area contributed by atoms with Gasteiger partial charge in [-0.1, -0.05) is 26.7 Å². The van der Waals surface area contributed by atoms with E-state index >= 15 is 0 Å². The van der Waals surface area contributed by atoms with Crippen LogP contribution in [0.5, 0.6) is 0 Å². The normalized spacial score (nSPS) is 17.1. The van der Waals surface area contributed by atoms with Gasteiger partial charge in [0.1, 0.15) is 5.84 Å². The predicted octanol–water partition coefficient (Wildman–Crippen LogP) is 2.07. The van der Waals surface area contributed by atoms with Crippen molar-refractivity contribution >= 4 is 11.9 Å². The van der Waals surface area contributed by atoms with E-state index in [0.29, 0.717) is 12.8 Å². The molecule has 104 valence electrons. The third-order valence-electron chi connectivity index (χ3n) is 3.96. The molecule has 0 radical (unpaired) electrons. The molecule has 2 amide bonds. The Bertz CT molecular complexity index is 291. The average molecular weight is 254 g/mol. The van der Waals surface area contributed by atoms with Gasteiger partial charge in [0.2, 0.25) is 0 Å². The Balaban J connectivity index is 2.68.